The van der Waals surface area contributed by atoms with Gasteiger partial charge >= 0.3 is 5.97 Å². The van der Waals surface area contributed by atoms with Crippen molar-refractivity contribution in [3.05, 3.63) is 29.0 Å². The molecule has 6 heteroatoms. The van der Waals surface area contributed by atoms with E-state index in [-0.39, 0.29) is 17.8 Å². The van der Waals surface area contributed by atoms with Crippen molar-refractivity contribution in [2.24, 2.45) is 5.92 Å². The lowest BCUT2D eigenvalue weighted by Gasteiger charge is -2.31. The predicted molar refractivity (Wildman–Crippen MR) is 69.9 cm³/mol. The molecule has 0 spiro atoms. The molecule has 1 saturated heterocycles. The molecular formula is C13H15ClN2O3. The van der Waals surface area contributed by atoms with Crippen LogP contribution in [0.4, 0.5) is 0 Å². The number of aromatic nitrogens is 1. The molecule has 0 N–H and O–H groups in total. The molecule has 19 heavy (non-hydrogen) atoms. The summed E-state index contributed by atoms with van der Waals surface area (Å²) in [5, 5.41) is 0.489. The average Bonchev–Trinajstić information content (AvgIpc) is 2.46. The number of esters is 1. The summed E-state index contributed by atoms with van der Waals surface area (Å²) in [6.45, 7) is 1.02. The van der Waals surface area contributed by atoms with Gasteiger partial charge in [0, 0.05) is 19.3 Å². The van der Waals surface area contributed by atoms with Gasteiger partial charge in [-0.05, 0) is 25.0 Å². The molecule has 1 fully saturated rings. The van der Waals surface area contributed by atoms with Crippen molar-refractivity contribution >= 4 is 23.5 Å². The zero-order valence-electron chi connectivity index (χ0n) is 10.6. The SMILES string of the molecule is COC(=O)[C@H]1CCCN(C(=O)c2ccc(Cl)cn2)C1. The fraction of sp³-hybridized carbons (Fsp3) is 0.462. The molecule has 1 aromatic rings. The third-order valence-electron chi connectivity index (χ3n) is 3.19. The summed E-state index contributed by atoms with van der Waals surface area (Å²) >= 11 is 5.74. The molecule has 1 aliphatic heterocycles. The Morgan fingerprint density at radius 2 is 2.26 bits per heavy atom. The number of likely N-dealkylation sites (tertiary alicyclic amines) is 1. The van der Waals surface area contributed by atoms with Gasteiger partial charge in [0.1, 0.15) is 5.69 Å². The number of piperidine rings is 1. The molecule has 0 unspecified atom stereocenters. The van der Waals surface area contributed by atoms with Gasteiger partial charge in [0.2, 0.25) is 0 Å². The number of halogens is 1. The van der Waals surface area contributed by atoms with Crippen molar-refractivity contribution in [3.63, 3.8) is 0 Å². The fourth-order valence-corrected chi connectivity index (χ4v) is 2.30. The van der Waals surface area contributed by atoms with Crippen molar-refractivity contribution in [1.29, 1.82) is 0 Å². The number of hydrogen-bond donors (Lipinski definition) is 0. The molecular weight excluding hydrogens is 268 g/mol. The Balaban J connectivity index is 2.06. The number of hydrogen-bond acceptors (Lipinski definition) is 4. The Morgan fingerprint density at radius 3 is 2.89 bits per heavy atom. The Hall–Kier alpha value is -1.62. The highest BCUT2D eigenvalue weighted by Crippen LogP contribution is 2.19. The van der Waals surface area contributed by atoms with Crippen molar-refractivity contribution in [3.8, 4) is 0 Å². The zero-order chi connectivity index (χ0) is 13.8. The number of rotatable bonds is 2. The molecule has 5 nitrogen and oxygen atoms in total. The van der Waals surface area contributed by atoms with Crippen LogP contribution >= 0.6 is 11.6 Å². The van der Waals surface area contributed by atoms with Crippen LogP contribution in [0.2, 0.25) is 5.02 Å². The highest BCUT2D eigenvalue weighted by atomic mass is 35.5. The third kappa shape index (κ3) is 3.23. The number of nitrogens with zero attached hydrogens (tertiary/aromatic N) is 2. The Kier molecular flexibility index (Phi) is 4.37. The van der Waals surface area contributed by atoms with E-state index in [1.165, 1.54) is 13.3 Å². The van der Waals surface area contributed by atoms with Crippen LogP contribution in [0, 0.1) is 5.92 Å². The van der Waals surface area contributed by atoms with E-state index in [2.05, 4.69) is 4.98 Å². The standard InChI is InChI=1S/C13H15ClN2O3/c1-19-13(18)9-3-2-6-16(8-9)12(17)11-5-4-10(14)7-15-11/h4-5,7,9H,2-3,6,8H2,1H3/t9-/m0/s1. The van der Waals surface area contributed by atoms with E-state index in [0.29, 0.717) is 23.8 Å². The van der Waals surface area contributed by atoms with Gasteiger partial charge in [0.05, 0.1) is 18.1 Å². The van der Waals surface area contributed by atoms with Crippen LogP contribution in [0.3, 0.4) is 0 Å². The van der Waals surface area contributed by atoms with Crippen LogP contribution in [0.15, 0.2) is 18.3 Å². The maximum Gasteiger partial charge on any atom is 0.310 e. The number of carbonyl (C=O) groups excluding carboxylic acids is 2. The van der Waals surface area contributed by atoms with Crippen LogP contribution in [0.5, 0.6) is 0 Å². The molecule has 1 amide bonds. The number of methoxy groups -OCH3 is 1. The Labute approximate surface area is 116 Å². The van der Waals surface area contributed by atoms with Gasteiger partial charge in [-0.25, -0.2) is 4.98 Å². The molecule has 1 atom stereocenters. The largest absolute Gasteiger partial charge is 0.469 e. The van der Waals surface area contributed by atoms with Gasteiger partial charge < -0.3 is 9.64 Å². The summed E-state index contributed by atoms with van der Waals surface area (Å²) in [7, 11) is 1.36. The normalized spacial score (nSPS) is 19.1. The van der Waals surface area contributed by atoms with E-state index in [9.17, 15) is 9.59 Å². The highest BCUT2D eigenvalue weighted by Gasteiger charge is 2.29. The molecule has 1 aromatic heterocycles. The number of amides is 1. The topological polar surface area (TPSA) is 59.5 Å². The average molecular weight is 283 g/mol. The minimum atomic E-state index is -0.262. The maximum atomic E-state index is 12.2. The van der Waals surface area contributed by atoms with Crippen molar-refractivity contribution in [2.45, 2.75) is 12.8 Å². The number of carbonyl (C=O) groups is 2. The second-order valence-electron chi connectivity index (χ2n) is 4.48. The van der Waals surface area contributed by atoms with Gasteiger partial charge in [-0.1, -0.05) is 11.6 Å². The lowest BCUT2D eigenvalue weighted by atomic mass is 9.98. The summed E-state index contributed by atoms with van der Waals surface area (Å²) in [6.07, 6.45) is 2.99. The summed E-state index contributed by atoms with van der Waals surface area (Å²) in [5.41, 5.74) is 0.343. The summed E-state index contributed by atoms with van der Waals surface area (Å²) < 4.78 is 4.73. The van der Waals surface area contributed by atoms with Crippen LogP contribution in [0.25, 0.3) is 0 Å². The van der Waals surface area contributed by atoms with Crippen LogP contribution in [0.1, 0.15) is 23.3 Å². The molecule has 1 aliphatic rings. The molecule has 2 heterocycles. The predicted octanol–water partition coefficient (Wildman–Crippen LogP) is 1.76. The monoisotopic (exact) mass is 282 g/mol. The highest BCUT2D eigenvalue weighted by molar-refractivity contribution is 6.30. The van der Waals surface area contributed by atoms with Gasteiger partial charge in [-0.15, -0.1) is 0 Å². The summed E-state index contributed by atoms with van der Waals surface area (Å²) in [5.74, 6) is -0.679. The molecule has 2 rings (SSSR count). The first-order valence-electron chi connectivity index (χ1n) is 6.10. The smallest absolute Gasteiger partial charge is 0.310 e. The van der Waals surface area contributed by atoms with Gasteiger partial charge in [0.15, 0.2) is 0 Å². The number of ether oxygens (including phenoxy) is 1. The van der Waals surface area contributed by atoms with Crippen molar-refractivity contribution < 1.29 is 14.3 Å². The molecule has 102 valence electrons. The second-order valence-corrected chi connectivity index (χ2v) is 4.91. The van der Waals surface area contributed by atoms with Crippen LogP contribution < -0.4 is 0 Å². The van der Waals surface area contributed by atoms with Crippen molar-refractivity contribution in [2.75, 3.05) is 20.2 Å². The maximum absolute atomic E-state index is 12.2. The molecule has 0 bridgehead atoms. The Bertz CT molecular complexity index is 475. The number of pyridine rings is 1. The second kappa shape index (κ2) is 6.02. The molecule has 0 radical (unpaired) electrons. The summed E-state index contributed by atoms with van der Waals surface area (Å²) in [6, 6.07) is 3.22. The first-order valence-corrected chi connectivity index (χ1v) is 6.48. The van der Waals surface area contributed by atoms with E-state index < -0.39 is 0 Å². The Morgan fingerprint density at radius 1 is 1.47 bits per heavy atom. The van der Waals surface area contributed by atoms with Crippen molar-refractivity contribution in [1.82, 2.24) is 9.88 Å². The van der Waals surface area contributed by atoms with E-state index in [0.717, 1.165) is 12.8 Å². The lowest BCUT2D eigenvalue weighted by molar-refractivity contribution is -0.146. The van der Waals surface area contributed by atoms with Gasteiger partial charge in [-0.2, -0.15) is 0 Å². The minimum Gasteiger partial charge on any atom is -0.469 e. The van der Waals surface area contributed by atoms with Crippen LogP contribution in [-0.4, -0.2) is 42.0 Å². The van der Waals surface area contributed by atoms with Crippen LogP contribution in [-0.2, 0) is 9.53 Å². The van der Waals surface area contributed by atoms with E-state index in [4.69, 9.17) is 16.3 Å². The van der Waals surface area contributed by atoms with Gasteiger partial charge in [0.25, 0.3) is 5.91 Å². The minimum absolute atomic E-state index is 0.176. The molecule has 0 aromatic carbocycles. The first-order chi connectivity index (χ1) is 9.11. The lowest BCUT2D eigenvalue weighted by Crippen LogP contribution is -2.42. The zero-order valence-corrected chi connectivity index (χ0v) is 11.4. The van der Waals surface area contributed by atoms with Gasteiger partial charge in [-0.3, -0.25) is 9.59 Å². The third-order valence-corrected chi connectivity index (χ3v) is 3.41. The fourth-order valence-electron chi connectivity index (χ4n) is 2.18. The van der Waals surface area contributed by atoms with E-state index in [1.54, 1.807) is 17.0 Å². The molecule has 0 aliphatic carbocycles. The quantitative estimate of drug-likeness (QED) is 0.776. The summed E-state index contributed by atoms with van der Waals surface area (Å²) in [4.78, 5) is 29.4. The molecule has 0 saturated carbocycles. The van der Waals surface area contributed by atoms with E-state index >= 15 is 0 Å². The first kappa shape index (κ1) is 13.8. The van der Waals surface area contributed by atoms with E-state index in [1.807, 2.05) is 0 Å².